The zero-order valence-electron chi connectivity index (χ0n) is 15.0. The van der Waals surface area contributed by atoms with Crippen molar-refractivity contribution in [2.45, 2.75) is 26.5 Å². The number of para-hydroxylation sites is 1. The maximum absolute atomic E-state index is 12.4. The largest absolute Gasteiger partial charge is 0.493 e. The molecule has 2 aromatic rings. The van der Waals surface area contributed by atoms with E-state index in [-0.39, 0.29) is 11.9 Å². The number of nitrogens with one attached hydrogen (secondary N) is 1. The molecule has 1 N–H and O–H groups in total. The van der Waals surface area contributed by atoms with Crippen LogP contribution in [0, 0.1) is 0 Å². The maximum atomic E-state index is 12.4. The Balaban J connectivity index is 2.13. The molecule has 0 aliphatic rings. The van der Waals surface area contributed by atoms with Crippen LogP contribution in [0.15, 0.2) is 48.5 Å². The van der Waals surface area contributed by atoms with Crippen molar-refractivity contribution in [1.82, 2.24) is 5.32 Å². The lowest BCUT2D eigenvalue weighted by molar-refractivity contribution is 0.0905. The van der Waals surface area contributed by atoms with Gasteiger partial charge in [0.1, 0.15) is 18.1 Å². The fourth-order valence-corrected chi connectivity index (χ4v) is 2.41. The molecule has 25 heavy (non-hydrogen) atoms. The van der Waals surface area contributed by atoms with Crippen LogP contribution in [0.25, 0.3) is 0 Å². The third-order valence-electron chi connectivity index (χ3n) is 3.55. The van der Waals surface area contributed by atoms with Crippen molar-refractivity contribution in [2.24, 2.45) is 0 Å². The summed E-state index contributed by atoms with van der Waals surface area (Å²) in [7, 11) is 1.61. The number of hydrogen-bond donors (Lipinski definition) is 1. The van der Waals surface area contributed by atoms with Crippen molar-refractivity contribution in [3.8, 4) is 11.5 Å². The summed E-state index contributed by atoms with van der Waals surface area (Å²) in [4.78, 5) is 12.4. The average Bonchev–Trinajstić information content (AvgIpc) is 2.62. The van der Waals surface area contributed by atoms with Crippen LogP contribution in [0.1, 0.15) is 29.8 Å². The van der Waals surface area contributed by atoms with E-state index < -0.39 is 0 Å². The highest BCUT2D eigenvalue weighted by atomic mass is 16.5. The van der Waals surface area contributed by atoms with Crippen molar-refractivity contribution < 1.29 is 19.0 Å². The van der Waals surface area contributed by atoms with Crippen LogP contribution in [0.3, 0.4) is 0 Å². The van der Waals surface area contributed by atoms with E-state index in [2.05, 4.69) is 5.32 Å². The summed E-state index contributed by atoms with van der Waals surface area (Å²) in [6, 6.07) is 14.9. The van der Waals surface area contributed by atoms with E-state index in [9.17, 15) is 4.79 Å². The van der Waals surface area contributed by atoms with E-state index in [1.807, 2.05) is 56.3 Å². The van der Waals surface area contributed by atoms with E-state index in [0.29, 0.717) is 25.4 Å². The van der Waals surface area contributed by atoms with Gasteiger partial charge in [-0.25, -0.2) is 0 Å². The van der Waals surface area contributed by atoms with Crippen molar-refractivity contribution in [3.05, 3.63) is 59.7 Å². The Morgan fingerprint density at radius 2 is 1.88 bits per heavy atom. The van der Waals surface area contributed by atoms with Gasteiger partial charge in [-0.2, -0.15) is 0 Å². The molecule has 1 amide bonds. The van der Waals surface area contributed by atoms with E-state index in [0.717, 1.165) is 17.1 Å². The fraction of sp³-hybridized carbons (Fsp3) is 0.350. The number of hydrogen-bond acceptors (Lipinski definition) is 4. The van der Waals surface area contributed by atoms with Gasteiger partial charge in [-0.05, 0) is 44.2 Å². The van der Waals surface area contributed by atoms with Crippen molar-refractivity contribution in [2.75, 3.05) is 20.3 Å². The van der Waals surface area contributed by atoms with Gasteiger partial charge in [0.2, 0.25) is 0 Å². The van der Waals surface area contributed by atoms with E-state index in [1.165, 1.54) is 0 Å². The van der Waals surface area contributed by atoms with Crippen molar-refractivity contribution in [3.63, 3.8) is 0 Å². The topological polar surface area (TPSA) is 56.8 Å². The molecule has 5 heteroatoms. The van der Waals surface area contributed by atoms with Crippen LogP contribution in [-0.2, 0) is 11.3 Å². The summed E-state index contributed by atoms with van der Waals surface area (Å²) in [5.41, 5.74) is 1.40. The van der Waals surface area contributed by atoms with E-state index in [1.54, 1.807) is 13.2 Å². The zero-order valence-corrected chi connectivity index (χ0v) is 15.0. The molecular formula is C20H25NO4. The summed E-state index contributed by atoms with van der Waals surface area (Å²) in [5.74, 6) is 1.35. The van der Waals surface area contributed by atoms with Gasteiger partial charge >= 0.3 is 0 Å². The summed E-state index contributed by atoms with van der Waals surface area (Å²) in [6.45, 7) is 5.17. The standard InChI is InChI=1S/C20H25NO4/c1-4-24-19-11-10-16(20(22)21-15(2)13-23-3)12-17(19)14-25-18-8-6-5-7-9-18/h5-12,15H,4,13-14H2,1-3H3,(H,21,22). The lowest BCUT2D eigenvalue weighted by atomic mass is 10.1. The highest BCUT2D eigenvalue weighted by Crippen LogP contribution is 2.23. The minimum atomic E-state index is -0.145. The lowest BCUT2D eigenvalue weighted by Crippen LogP contribution is -2.35. The normalized spacial score (nSPS) is 11.6. The van der Waals surface area contributed by atoms with Crippen LogP contribution in [0.4, 0.5) is 0 Å². The average molecular weight is 343 g/mol. The molecule has 5 nitrogen and oxygen atoms in total. The van der Waals surface area contributed by atoms with Crippen LogP contribution >= 0.6 is 0 Å². The third-order valence-corrected chi connectivity index (χ3v) is 3.55. The first kappa shape index (κ1) is 18.8. The Bertz CT molecular complexity index is 673. The van der Waals surface area contributed by atoms with Gasteiger partial charge in [-0.15, -0.1) is 0 Å². The first-order valence-electron chi connectivity index (χ1n) is 8.37. The van der Waals surface area contributed by atoms with Gasteiger partial charge in [0.05, 0.1) is 13.2 Å². The van der Waals surface area contributed by atoms with Crippen LogP contribution < -0.4 is 14.8 Å². The Morgan fingerprint density at radius 3 is 2.56 bits per heavy atom. The van der Waals surface area contributed by atoms with Crippen LogP contribution in [-0.4, -0.2) is 32.3 Å². The monoisotopic (exact) mass is 343 g/mol. The van der Waals surface area contributed by atoms with Crippen molar-refractivity contribution in [1.29, 1.82) is 0 Å². The number of carbonyl (C=O) groups excluding carboxylic acids is 1. The van der Waals surface area contributed by atoms with Gasteiger partial charge in [-0.3, -0.25) is 4.79 Å². The number of methoxy groups -OCH3 is 1. The summed E-state index contributed by atoms with van der Waals surface area (Å²) < 4.78 is 16.5. The molecule has 0 radical (unpaired) electrons. The molecule has 2 aromatic carbocycles. The highest BCUT2D eigenvalue weighted by molar-refractivity contribution is 5.94. The molecule has 2 rings (SSSR count). The minimum Gasteiger partial charge on any atom is -0.493 e. The molecule has 0 aliphatic carbocycles. The first-order chi connectivity index (χ1) is 12.1. The number of amides is 1. The third kappa shape index (κ3) is 5.80. The second kappa shape index (κ2) is 9.69. The summed E-state index contributed by atoms with van der Waals surface area (Å²) >= 11 is 0. The van der Waals surface area contributed by atoms with Crippen LogP contribution in [0.2, 0.25) is 0 Å². The predicted octanol–water partition coefficient (Wildman–Crippen LogP) is 3.43. The molecular weight excluding hydrogens is 318 g/mol. The van der Waals surface area contributed by atoms with Crippen molar-refractivity contribution >= 4 is 5.91 Å². The Morgan fingerprint density at radius 1 is 1.12 bits per heavy atom. The van der Waals surface area contributed by atoms with E-state index >= 15 is 0 Å². The van der Waals surface area contributed by atoms with Gasteiger partial charge in [0.25, 0.3) is 5.91 Å². The van der Waals surface area contributed by atoms with Gasteiger partial charge in [0, 0.05) is 24.3 Å². The maximum Gasteiger partial charge on any atom is 0.251 e. The minimum absolute atomic E-state index is 0.0620. The molecule has 1 unspecified atom stereocenters. The molecule has 0 heterocycles. The molecule has 134 valence electrons. The Labute approximate surface area is 148 Å². The molecule has 0 saturated heterocycles. The number of rotatable bonds is 9. The van der Waals surface area contributed by atoms with Gasteiger partial charge in [0.15, 0.2) is 0 Å². The van der Waals surface area contributed by atoms with E-state index in [4.69, 9.17) is 14.2 Å². The SMILES string of the molecule is CCOc1ccc(C(=O)NC(C)COC)cc1COc1ccccc1. The second-order valence-corrected chi connectivity index (χ2v) is 5.69. The number of carbonyl (C=O) groups is 1. The number of ether oxygens (including phenoxy) is 3. The molecule has 0 aliphatic heterocycles. The van der Waals surface area contributed by atoms with Crippen LogP contribution in [0.5, 0.6) is 11.5 Å². The molecule has 0 bridgehead atoms. The molecule has 0 aromatic heterocycles. The Hall–Kier alpha value is -2.53. The lowest BCUT2D eigenvalue weighted by Gasteiger charge is -2.15. The van der Waals surface area contributed by atoms with Gasteiger partial charge in [-0.1, -0.05) is 18.2 Å². The fourth-order valence-electron chi connectivity index (χ4n) is 2.41. The quantitative estimate of drug-likeness (QED) is 0.758. The smallest absolute Gasteiger partial charge is 0.251 e. The summed E-state index contributed by atoms with van der Waals surface area (Å²) in [6.07, 6.45) is 0. The molecule has 0 fully saturated rings. The molecule has 1 atom stereocenters. The number of benzene rings is 2. The zero-order chi connectivity index (χ0) is 18.1. The first-order valence-corrected chi connectivity index (χ1v) is 8.37. The summed E-state index contributed by atoms with van der Waals surface area (Å²) in [5, 5.41) is 2.90. The van der Waals surface area contributed by atoms with Gasteiger partial charge < -0.3 is 19.5 Å². The Kier molecular flexibility index (Phi) is 7.29. The highest BCUT2D eigenvalue weighted by Gasteiger charge is 2.13. The molecule has 0 saturated carbocycles. The molecule has 0 spiro atoms. The predicted molar refractivity (Wildman–Crippen MR) is 97.2 cm³/mol. The second-order valence-electron chi connectivity index (χ2n) is 5.69.